The molecule has 4 bridgehead atoms. The molecule has 3 heterocycles. The first-order valence-corrected chi connectivity index (χ1v) is 20.6. The van der Waals surface area contributed by atoms with Crippen molar-refractivity contribution < 1.29 is 19.4 Å². The van der Waals surface area contributed by atoms with E-state index in [0.29, 0.717) is 24.2 Å². The summed E-state index contributed by atoms with van der Waals surface area (Å²) in [5, 5.41) is 11.7. The molecule has 1 N–H and O–H groups in total. The fourth-order valence-corrected chi connectivity index (χ4v) is 14.4. The highest BCUT2D eigenvalue weighted by molar-refractivity contribution is 5.90. The quantitative estimate of drug-likeness (QED) is 0.191. The van der Waals surface area contributed by atoms with Crippen molar-refractivity contribution in [2.24, 2.45) is 69.5 Å². The summed E-state index contributed by atoms with van der Waals surface area (Å²) < 4.78 is 7.54. The van der Waals surface area contributed by atoms with E-state index in [1.165, 1.54) is 90.3 Å². The smallest absolute Gasteiger partial charge is 0.315 e. The zero-order valence-corrected chi connectivity index (χ0v) is 30.7. The molecule has 3 saturated heterocycles. The van der Waals surface area contributed by atoms with Gasteiger partial charge in [-0.25, -0.2) is 0 Å². The van der Waals surface area contributed by atoms with Gasteiger partial charge in [0.1, 0.15) is 11.7 Å². The van der Waals surface area contributed by atoms with E-state index >= 15 is 0 Å². The largest absolute Gasteiger partial charge is 0.481 e. The molecule has 6 nitrogen and oxygen atoms in total. The van der Waals surface area contributed by atoms with Crippen molar-refractivity contribution in [3.05, 3.63) is 11.6 Å². The molecule has 6 heteroatoms. The summed E-state index contributed by atoms with van der Waals surface area (Å²) in [7, 11) is 0. The van der Waals surface area contributed by atoms with Crippen LogP contribution in [0.5, 0.6) is 0 Å². The zero-order valence-electron chi connectivity index (χ0n) is 30.7. The van der Waals surface area contributed by atoms with E-state index in [-0.39, 0.29) is 30.0 Å². The Bertz CT molecular complexity index is 1250. The van der Waals surface area contributed by atoms with Gasteiger partial charge in [0.2, 0.25) is 0 Å². The van der Waals surface area contributed by atoms with E-state index in [1.807, 2.05) is 0 Å². The van der Waals surface area contributed by atoms with Crippen LogP contribution in [-0.2, 0) is 14.3 Å². The Kier molecular flexibility index (Phi) is 9.01. The molecule has 3 aliphatic heterocycles. The number of aliphatic carboxylic acids is 1. The Morgan fingerprint density at radius 2 is 1.71 bits per heavy atom. The number of fused-ring (bicyclic) bond motifs is 2. The minimum absolute atomic E-state index is 0.0889. The first-order valence-electron chi connectivity index (χ1n) is 20.6. The molecule has 8 rings (SSSR count). The second-order valence-corrected chi connectivity index (χ2v) is 19.2. The third-order valence-electron chi connectivity index (χ3n) is 16.5. The van der Waals surface area contributed by atoms with E-state index in [4.69, 9.17) is 4.74 Å². The Hall–Kier alpha value is -1.24. The van der Waals surface area contributed by atoms with E-state index in [2.05, 4.69) is 43.6 Å². The molecule has 0 aromatic carbocycles. The lowest BCUT2D eigenvalue weighted by Gasteiger charge is -2.60. The first-order chi connectivity index (χ1) is 23.1. The maximum Gasteiger partial charge on any atom is 0.315 e. The maximum atomic E-state index is 14.2. The SMILES string of the molecule is CC1CCN(CC2CCCN(C[C@@H]3O[C@@H](C45C[C@@H]6[C@H](C)CC[C@H]6C6(C=O)CC4C=C(C(C)C)[C@]65C(=O)O)C[C@H]3CC3CCCC3)C2)CC1. The van der Waals surface area contributed by atoms with Gasteiger partial charge in [0.15, 0.2) is 0 Å². The summed E-state index contributed by atoms with van der Waals surface area (Å²) in [5.74, 6) is 3.53. The van der Waals surface area contributed by atoms with Crippen LogP contribution in [0.3, 0.4) is 0 Å². The average molecular weight is 663 g/mol. The molecule has 11 atom stereocenters. The highest BCUT2D eigenvalue weighted by atomic mass is 16.5. The Labute approximate surface area is 291 Å². The number of carbonyl (C=O) groups is 2. The van der Waals surface area contributed by atoms with Crippen molar-refractivity contribution in [3.63, 3.8) is 0 Å². The summed E-state index contributed by atoms with van der Waals surface area (Å²) in [5.41, 5.74) is -1.40. The molecule has 0 spiro atoms. The lowest BCUT2D eigenvalue weighted by molar-refractivity contribution is -0.197. The predicted octanol–water partition coefficient (Wildman–Crippen LogP) is 7.71. The van der Waals surface area contributed by atoms with Crippen LogP contribution in [0.1, 0.15) is 118 Å². The summed E-state index contributed by atoms with van der Waals surface area (Å²) in [6.07, 6.45) is 20.3. The van der Waals surface area contributed by atoms with Gasteiger partial charge in [-0.05, 0) is 131 Å². The fourth-order valence-electron chi connectivity index (χ4n) is 14.4. The lowest BCUT2D eigenvalue weighted by atomic mass is 9.41. The van der Waals surface area contributed by atoms with Gasteiger partial charge in [0.25, 0.3) is 0 Å². The van der Waals surface area contributed by atoms with Gasteiger partial charge in [0, 0.05) is 25.0 Å². The third-order valence-corrected chi connectivity index (χ3v) is 16.5. The summed E-state index contributed by atoms with van der Waals surface area (Å²) in [6.45, 7) is 16.2. The van der Waals surface area contributed by atoms with Crippen LogP contribution in [0, 0.1) is 69.5 Å². The number of hydrogen-bond acceptors (Lipinski definition) is 5. The molecule has 268 valence electrons. The van der Waals surface area contributed by atoms with Crippen molar-refractivity contribution in [2.45, 2.75) is 130 Å². The van der Waals surface area contributed by atoms with Crippen molar-refractivity contribution in [1.82, 2.24) is 9.80 Å². The van der Waals surface area contributed by atoms with Crippen LogP contribution in [-0.4, -0.2) is 78.6 Å². The van der Waals surface area contributed by atoms with Crippen molar-refractivity contribution in [3.8, 4) is 0 Å². The lowest BCUT2D eigenvalue weighted by Crippen LogP contribution is -2.65. The molecule has 0 aromatic heterocycles. The molecule has 48 heavy (non-hydrogen) atoms. The van der Waals surface area contributed by atoms with Gasteiger partial charge in [-0.3, -0.25) is 4.79 Å². The number of allylic oxidation sites excluding steroid dienone is 1. The normalized spacial score (nSPS) is 46.8. The second kappa shape index (κ2) is 12.8. The second-order valence-electron chi connectivity index (χ2n) is 19.2. The van der Waals surface area contributed by atoms with Crippen molar-refractivity contribution in [2.75, 3.05) is 39.3 Å². The van der Waals surface area contributed by atoms with Crippen molar-refractivity contribution >= 4 is 12.3 Å². The third kappa shape index (κ3) is 4.94. The fraction of sp³-hybridized carbons (Fsp3) is 0.905. The topological polar surface area (TPSA) is 70.1 Å². The molecule has 8 aliphatic rings. The molecule has 7 fully saturated rings. The summed E-state index contributed by atoms with van der Waals surface area (Å²) in [6, 6.07) is 0. The van der Waals surface area contributed by atoms with E-state index in [1.54, 1.807) is 0 Å². The van der Waals surface area contributed by atoms with Gasteiger partial charge in [0.05, 0.1) is 17.6 Å². The molecule has 4 saturated carbocycles. The van der Waals surface area contributed by atoms with E-state index in [0.717, 1.165) is 62.1 Å². The van der Waals surface area contributed by atoms with Gasteiger partial charge in [-0.15, -0.1) is 0 Å². The van der Waals surface area contributed by atoms with Crippen LogP contribution < -0.4 is 0 Å². The van der Waals surface area contributed by atoms with Crippen LogP contribution in [0.15, 0.2) is 11.6 Å². The number of nitrogens with zero attached hydrogens (tertiary/aromatic N) is 2. The van der Waals surface area contributed by atoms with Gasteiger partial charge >= 0.3 is 5.97 Å². The van der Waals surface area contributed by atoms with Gasteiger partial charge in [-0.1, -0.05) is 71.4 Å². The number of ether oxygens (including phenoxy) is 1. The summed E-state index contributed by atoms with van der Waals surface area (Å²) in [4.78, 5) is 33.4. The van der Waals surface area contributed by atoms with Crippen LogP contribution in [0.2, 0.25) is 0 Å². The number of aldehydes is 1. The molecule has 0 radical (unpaired) electrons. The van der Waals surface area contributed by atoms with Crippen molar-refractivity contribution in [1.29, 1.82) is 0 Å². The van der Waals surface area contributed by atoms with Crippen LogP contribution in [0.4, 0.5) is 0 Å². The molecular formula is C42H66N2O4. The molecule has 0 amide bonds. The Morgan fingerprint density at radius 1 is 0.958 bits per heavy atom. The Morgan fingerprint density at radius 3 is 2.42 bits per heavy atom. The standard InChI is InChI=1S/C42H66N2O4/c1-27(2)36-20-33-21-40(26-45)35-12-11-29(4)34(35)22-41(33,42(36,40)39(46)47)38-19-32(18-30-8-5-6-9-30)37(48-38)25-44-15-7-10-31(24-44)23-43-16-13-28(3)14-17-43/h20,26-35,37-38H,5-19,21-25H2,1-4H3,(H,46,47)/t29-,31?,32-,33?,34-,35-,37+,38-,40?,41?,42+/m1/s1. The molecular weight excluding hydrogens is 596 g/mol. The van der Waals surface area contributed by atoms with E-state index in [9.17, 15) is 14.7 Å². The summed E-state index contributed by atoms with van der Waals surface area (Å²) >= 11 is 0. The number of rotatable bonds is 10. The maximum absolute atomic E-state index is 14.2. The number of piperidine rings is 2. The highest BCUT2D eigenvalue weighted by Gasteiger charge is 2.86. The minimum Gasteiger partial charge on any atom is -0.481 e. The average Bonchev–Trinajstić information content (AvgIpc) is 3.88. The number of carboxylic acids is 1. The monoisotopic (exact) mass is 663 g/mol. The zero-order chi connectivity index (χ0) is 33.4. The minimum atomic E-state index is -1.13. The highest BCUT2D eigenvalue weighted by Crippen LogP contribution is 2.84. The Balaban J connectivity index is 1.10. The molecule has 5 aliphatic carbocycles. The van der Waals surface area contributed by atoms with Gasteiger partial charge < -0.3 is 24.4 Å². The molecule has 4 unspecified atom stereocenters. The van der Waals surface area contributed by atoms with Gasteiger partial charge in [-0.2, -0.15) is 0 Å². The van der Waals surface area contributed by atoms with E-state index < -0.39 is 22.2 Å². The number of hydrogen-bond donors (Lipinski definition) is 1. The predicted molar refractivity (Wildman–Crippen MR) is 189 cm³/mol. The first kappa shape index (κ1) is 33.9. The van der Waals surface area contributed by atoms with Crippen LogP contribution >= 0.6 is 0 Å². The number of likely N-dealkylation sites (tertiary alicyclic amines) is 2. The molecule has 0 aromatic rings. The number of carboxylic acid groups (broad SMARTS) is 1. The van der Waals surface area contributed by atoms with Crippen LogP contribution in [0.25, 0.3) is 0 Å². The number of carbonyl (C=O) groups excluding carboxylic acids is 1.